The first-order valence-corrected chi connectivity index (χ1v) is 7.02. The number of amides is 1. The van der Waals surface area contributed by atoms with Gasteiger partial charge in [-0.25, -0.2) is 4.79 Å². The quantitative estimate of drug-likeness (QED) is 0.776. The number of hydrogen-bond acceptors (Lipinski definition) is 4. The molecule has 0 aromatic heterocycles. The van der Waals surface area contributed by atoms with Gasteiger partial charge in [-0.2, -0.15) is 0 Å². The van der Waals surface area contributed by atoms with E-state index in [1.54, 1.807) is 12.0 Å². The molecular formula is C15H22N2O3. The first-order chi connectivity index (χ1) is 9.74. The molecule has 5 nitrogen and oxygen atoms in total. The summed E-state index contributed by atoms with van der Waals surface area (Å²) in [5, 5.41) is 3.37. The molecule has 20 heavy (non-hydrogen) atoms. The van der Waals surface area contributed by atoms with Crippen LogP contribution in [-0.4, -0.2) is 37.8 Å². The van der Waals surface area contributed by atoms with Crippen molar-refractivity contribution in [2.24, 2.45) is 0 Å². The van der Waals surface area contributed by atoms with E-state index in [1.807, 2.05) is 12.1 Å². The number of nitrogens with one attached hydrogen (secondary N) is 1. The third kappa shape index (κ3) is 3.63. The number of nitrogens with zero attached hydrogens (tertiary/aromatic N) is 1. The van der Waals surface area contributed by atoms with Crippen molar-refractivity contribution in [1.29, 1.82) is 0 Å². The number of methoxy groups -OCH3 is 1. The van der Waals surface area contributed by atoms with Crippen molar-refractivity contribution in [2.75, 3.05) is 26.8 Å². The molecule has 1 fully saturated rings. The topological polar surface area (TPSA) is 50.8 Å². The van der Waals surface area contributed by atoms with Gasteiger partial charge < -0.3 is 19.7 Å². The monoisotopic (exact) mass is 278 g/mol. The molecule has 0 saturated carbocycles. The molecule has 1 aliphatic heterocycles. The minimum absolute atomic E-state index is 0.249. The Labute approximate surface area is 119 Å². The molecule has 0 unspecified atom stereocenters. The van der Waals surface area contributed by atoms with Crippen molar-refractivity contribution in [2.45, 2.75) is 26.4 Å². The summed E-state index contributed by atoms with van der Waals surface area (Å²) in [6, 6.07) is 6.10. The van der Waals surface area contributed by atoms with Crippen LogP contribution in [0.3, 0.4) is 0 Å². The van der Waals surface area contributed by atoms with Crippen LogP contribution >= 0.6 is 0 Å². The van der Waals surface area contributed by atoms with Crippen molar-refractivity contribution in [3.63, 3.8) is 0 Å². The molecule has 0 aliphatic carbocycles. The van der Waals surface area contributed by atoms with Gasteiger partial charge in [-0.05, 0) is 30.7 Å². The number of rotatable bonds is 7. The lowest BCUT2D eigenvalue weighted by Crippen LogP contribution is -2.24. The van der Waals surface area contributed by atoms with Gasteiger partial charge in [0.1, 0.15) is 12.4 Å². The van der Waals surface area contributed by atoms with E-state index in [-0.39, 0.29) is 6.09 Å². The molecular weight excluding hydrogens is 256 g/mol. The van der Waals surface area contributed by atoms with Gasteiger partial charge in [0.25, 0.3) is 0 Å². The average molecular weight is 278 g/mol. The van der Waals surface area contributed by atoms with Gasteiger partial charge in [0.2, 0.25) is 0 Å². The fraction of sp³-hybridized carbons (Fsp3) is 0.533. The molecule has 1 saturated heterocycles. The number of benzene rings is 1. The summed E-state index contributed by atoms with van der Waals surface area (Å²) < 4.78 is 10.3. The van der Waals surface area contributed by atoms with E-state index in [4.69, 9.17) is 9.47 Å². The molecule has 0 radical (unpaired) electrons. The van der Waals surface area contributed by atoms with Crippen molar-refractivity contribution < 1.29 is 14.3 Å². The van der Waals surface area contributed by atoms with Crippen LogP contribution in [0, 0.1) is 0 Å². The van der Waals surface area contributed by atoms with Crippen LogP contribution in [0.4, 0.5) is 4.79 Å². The molecule has 5 heteroatoms. The Morgan fingerprint density at radius 2 is 2.30 bits per heavy atom. The van der Waals surface area contributed by atoms with Crippen LogP contribution < -0.4 is 10.1 Å². The van der Waals surface area contributed by atoms with Crippen LogP contribution in [0.1, 0.15) is 24.5 Å². The molecule has 1 heterocycles. The van der Waals surface area contributed by atoms with E-state index >= 15 is 0 Å². The second-order valence-corrected chi connectivity index (χ2v) is 4.86. The van der Waals surface area contributed by atoms with Gasteiger partial charge in [-0.3, -0.25) is 0 Å². The maximum absolute atomic E-state index is 11.5. The normalized spacial score (nSPS) is 14.5. The minimum atomic E-state index is -0.249. The van der Waals surface area contributed by atoms with Crippen molar-refractivity contribution in [3.05, 3.63) is 29.3 Å². The first kappa shape index (κ1) is 14.7. The van der Waals surface area contributed by atoms with E-state index in [2.05, 4.69) is 18.3 Å². The number of carbonyl (C=O) groups is 1. The fourth-order valence-electron chi connectivity index (χ4n) is 2.25. The second kappa shape index (κ2) is 7.14. The number of ether oxygens (including phenoxy) is 2. The average Bonchev–Trinajstić information content (AvgIpc) is 2.85. The molecule has 0 spiro atoms. The summed E-state index contributed by atoms with van der Waals surface area (Å²) >= 11 is 0. The zero-order valence-electron chi connectivity index (χ0n) is 12.1. The van der Waals surface area contributed by atoms with Crippen LogP contribution in [0.25, 0.3) is 0 Å². The Bertz CT molecular complexity index is 462. The summed E-state index contributed by atoms with van der Waals surface area (Å²) in [7, 11) is 1.65. The maximum Gasteiger partial charge on any atom is 0.410 e. The third-order valence-corrected chi connectivity index (χ3v) is 3.31. The fourth-order valence-corrected chi connectivity index (χ4v) is 2.25. The smallest absolute Gasteiger partial charge is 0.410 e. The highest BCUT2D eigenvalue weighted by atomic mass is 16.6. The van der Waals surface area contributed by atoms with Gasteiger partial charge in [0, 0.05) is 12.1 Å². The summed E-state index contributed by atoms with van der Waals surface area (Å²) in [5.41, 5.74) is 2.21. The van der Waals surface area contributed by atoms with E-state index in [9.17, 15) is 4.79 Å². The number of cyclic esters (lactones) is 1. The number of hydrogen-bond donors (Lipinski definition) is 1. The standard InChI is InChI=1S/C15H22N2O3/c1-3-6-16-10-12-4-5-14(19-2)13(9-12)11-17-7-8-20-15(17)18/h4-5,9,16H,3,6-8,10-11H2,1-2H3. The summed E-state index contributed by atoms with van der Waals surface area (Å²) in [5.74, 6) is 0.809. The van der Waals surface area contributed by atoms with Crippen molar-refractivity contribution in [3.8, 4) is 5.75 Å². The summed E-state index contributed by atoms with van der Waals surface area (Å²) in [6.07, 6.45) is 0.865. The predicted molar refractivity (Wildman–Crippen MR) is 76.7 cm³/mol. The van der Waals surface area contributed by atoms with E-state index in [0.717, 1.165) is 30.8 Å². The molecule has 0 bridgehead atoms. The molecule has 1 N–H and O–H groups in total. The Kier molecular flexibility index (Phi) is 5.24. The van der Waals surface area contributed by atoms with Crippen LogP contribution in [0.15, 0.2) is 18.2 Å². The van der Waals surface area contributed by atoms with Gasteiger partial charge >= 0.3 is 6.09 Å². The number of carbonyl (C=O) groups excluding carboxylic acids is 1. The highest BCUT2D eigenvalue weighted by molar-refractivity contribution is 5.69. The predicted octanol–water partition coefficient (Wildman–Crippen LogP) is 2.15. The van der Waals surface area contributed by atoms with Gasteiger partial charge in [0.15, 0.2) is 0 Å². The lowest BCUT2D eigenvalue weighted by atomic mass is 10.1. The SMILES string of the molecule is CCCNCc1ccc(OC)c(CN2CCOC2=O)c1. The molecule has 1 aromatic carbocycles. The summed E-state index contributed by atoms with van der Waals surface area (Å²) in [4.78, 5) is 13.2. The zero-order chi connectivity index (χ0) is 14.4. The Hall–Kier alpha value is -1.75. The van der Waals surface area contributed by atoms with Crippen molar-refractivity contribution in [1.82, 2.24) is 10.2 Å². The first-order valence-electron chi connectivity index (χ1n) is 7.02. The highest BCUT2D eigenvalue weighted by Crippen LogP contribution is 2.23. The van der Waals surface area contributed by atoms with Crippen LogP contribution in [-0.2, 0) is 17.8 Å². The lowest BCUT2D eigenvalue weighted by molar-refractivity contribution is 0.157. The minimum Gasteiger partial charge on any atom is -0.496 e. The van der Waals surface area contributed by atoms with E-state index < -0.39 is 0 Å². The van der Waals surface area contributed by atoms with Gasteiger partial charge in [-0.15, -0.1) is 0 Å². The molecule has 1 aromatic rings. The van der Waals surface area contributed by atoms with Crippen LogP contribution in [0.5, 0.6) is 5.75 Å². The molecule has 0 atom stereocenters. The summed E-state index contributed by atoms with van der Waals surface area (Å²) in [6.45, 7) is 5.61. The Morgan fingerprint density at radius 1 is 1.45 bits per heavy atom. The Morgan fingerprint density at radius 3 is 2.95 bits per heavy atom. The lowest BCUT2D eigenvalue weighted by Gasteiger charge is -2.16. The maximum atomic E-state index is 11.5. The van der Waals surface area contributed by atoms with Gasteiger partial charge in [0.05, 0.1) is 20.2 Å². The largest absolute Gasteiger partial charge is 0.496 e. The Balaban J connectivity index is 2.07. The zero-order valence-corrected chi connectivity index (χ0v) is 12.1. The van der Waals surface area contributed by atoms with Gasteiger partial charge in [-0.1, -0.05) is 13.0 Å². The molecule has 1 aliphatic rings. The van der Waals surface area contributed by atoms with E-state index in [1.165, 1.54) is 5.56 Å². The molecule has 110 valence electrons. The molecule has 1 amide bonds. The highest BCUT2D eigenvalue weighted by Gasteiger charge is 2.23. The van der Waals surface area contributed by atoms with E-state index in [0.29, 0.717) is 19.7 Å². The molecule has 2 rings (SSSR count). The third-order valence-electron chi connectivity index (χ3n) is 3.31. The van der Waals surface area contributed by atoms with Crippen molar-refractivity contribution >= 4 is 6.09 Å². The van der Waals surface area contributed by atoms with Crippen LogP contribution in [0.2, 0.25) is 0 Å². The second-order valence-electron chi connectivity index (χ2n) is 4.86.